The Morgan fingerprint density at radius 1 is 0.889 bits per heavy atom. The molecule has 0 saturated carbocycles. The lowest BCUT2D eigenvalue weighted by Crippen LogP contribution is -2.45. The highest BCUT2D eigenvalue weighted by Crippen LogP contribution is 2.06. The number of carbonyl (C=O) groups is 6. The van der Waals surface area contributed by atoms with Crippen LogP contribution in [0.2, 0.25) is 0 Å². The van der Waals surface area contributed by atoms with Crippen LogP contribution in [0.3, 0.4) is 0 Å². The van der Waals surface area contributed by atoms with Crippen molar-refractivity contribution in [1.29, 1.82) is 0 Å². The summed E-state index contributed by atoms with van der Waals surface area (Å²) in [6, 6.07) is 0. The van der Waals surface area contributed by atoms with Crippen LogP contribution in [0.15, 0.2) is 0 Å². The number of morpholine rings is 2. The normalized spacial score (nSPS) is 17.8. The molecule has 4 N–H and O–H groups in total. The summed E-state index contributed by atoms with van der Waals surface area (Å²) in [4.78, 5) is 67.7. The minimum atomic E-state index is -0.901. The molecule has 204 valence electrons. The number of carboxylic acid groups (broad SMARTS) is 1. The highest BCUT2D eigenvalue weighted by atomic mass is 16.6. The number of amides is 3. The zero-order valence-corrected chi connectivity index (χ0v) is 20.4. The fourth-order valence-corrected chi connectivity index (χ4v) is 3.15. The van der Waals surface area contributed by atoms with Crippen molar-refractivity contribution in [2.45, 2.75) is 38.5 Å². The maximum absolute atomic E-state index is 11.3. The van der Waals surface area contributed by atoms with Gasteiger partial charge in [0.2, 0.25) is 17.7 Å². The summed E-state index contributed by atoms with van der Waals surface area (Å²) in [5.41, 5.74) is 5.29. The van der Waals surface area contributed by atoms with Crippen molar-refractivity contribution in [1.82, 2.24) is 15.1 Å². The standard InChI is InChI=1S/C11H18N2O5.C6H12N2O2.C5H6O3/c14-9(2-1-3-11(16)17)12-4-5-13-6-7-18-8-10(13)15;7-1-2-8-3-4-10-5-6(8)9;6-4-2-1-3-5(7)8-4/h1-8H2,(H,12,14)(H,16,17);1-5,7H2;1-3H2. The second-order valence-electron chi connectivity index (χ2n) is 7.95. The molecule has 3 aliphatic rings. The lowest BCUT2D eigenvalue weighted by Gasteiger charge is -2.26. The molecule has 0 radical (unpaired) electrons. The topological polar surface area (TPSA) is 195 Å². The third-order valence-electron chi connectivity index (χ3n) is 5.05. The maximum Gasteiger partial charge on any atom is 0.313 e. The molecule has 3 amide bonds. The largest absolute Gasteiger partial charge is 0.481 e. The summed E-state index contributed by atoms with van der Waals surface area (Å²) < 4.78 is 14.1. The number of esters is 2. The van der Waals surface area contributed by atoms with E-state index in [9.17, 15) is 28.8 Å². The first kappa shape index (κ1) is 30.9. The van der Waals surface area contributed by atoms with E-state index in [1.165, 1.54) is 0 Å². The highest BCUT2D eigenvalue weighted by Gasteiger charge is 2.18. The zero-order valence-electron chi connectivity index (χ0n) is 20.4. The van der Waals surface area contributed by atoms with E-state index in [1.54, 1.807) is 9.80 Å². The first-order valence-corrected chi connectivity index (χ1v) is 11.9. The van der Waals surface area contributed by atoms with Crippen LogP contribution in [0, 0.1) is 0 Å². The Hall–Kier alpha value is -3.10. The minimum Gasteiger partial charge on any atom is -0.481 e. The van der Waals surface area contributed by atoms with Gasteiger partial charge >= 0.3 is 17.9 Å². The fourth-order valence-electron chi connectivity index (χ4n) is 3.15. The number of nitrogens with zero attached hydrogens (tertiary/aromatic N) is 2. The molecule has 3 saturated heterocycles. The number of ether oxygens (including phenoxy) is 3. The predicted molar refractivity (Wildman–Crippen MR) is 123 cm³/mol. The van der Waals surface area contributed by atoms with E-state index in [4.69, 9.17) is 20.3 Å². The van der Waals surface area contributed by atoms with Crippen molar-refractivity contribution < 1.29 is 48.1 Å². The van der Waals surface area contributed by atoms with Crippen LogP contribution in [0.4, 0.5) is 0 Å². The maximum atomic E-state index is 11.3. The monoisotopic (exact) mass is 516 g/mol. The third kappa shape index (κ3) is 14.3. The molecular weight excluding hydrogens is 480 g/mol. The van der Waals surface area contributed by atoms with Gasteiger partial charge in [-0.3, -0.25) is 28.8 Å². The molecule has 0 atom stereocenters. The van der Waals surface area contributed by atoms with E-state index in [0.29, 0.717) is 78.2 Å². The molecule has 36 heavy (non-hydrogen) atoms. The number of rotatable bonds is 9. The Balaban J connectivity index is 0.000000301. The summed E-state index contributed by atoms with van der Waals surface area (Å²) in [7, 11) is 0. The molecule has 14 heteroatoms. The fraction of sp³-hybridized carbons (Fsp3) is 0.727. The van der Waals surface area contributed by atoms with Gasteiger partial charge in [-0.1, -0.05) is 0 Å². The lowest BCUT2D eigenvalue weighted by atomic mass is 10.2. The van der Waals surface area contributed by atoms with Gasteiger partial charge in [0.1, 0.15) is 13.2 Å². The van der Waals surface area contributed by atoms with Gasteiger partial charge < -0.3 is 40.2 Å². The average molecular weight is 517 g/mol. The number of nitrogens with one attached hydrogen (secondary N) is 1. The molecule has 0 aromatic carbocycles. The molecule has 0 unspecified atom stereocenters. The number of nitrogens with two attached hydrogens (primary N) is 1. The molecule has 0 aliphatic carbocycles. The number of hydrogen-bond acceptors (Lipinski definition) is 10. The molecule has 3 aliphatic heterocycles. The Kier molecular flexibility index (Phi) is 15.6. The summed E-state index contributed by atoms with van der Waals surface area (Å²) in [6.45, 7) is 4.78. The van der Waals surface area contributed by atoms with Crippen LogP contribution in [0.1, 0.15) is 38.5 Å². The lowest BCUT2D eigenvalue weighted by molar-refractivity contribution is -0.163. The molecule has 0 aromatic rings. The summed E-state index contributed by atoms with van der Waals surface area (Å²) in [6.07, 6.45) is 1.96. The summed E-state index contributed by atoms with van der Waals surface area (Å²) in [5.74, 6) is -1.88. The predicted octanol–water partition coefficient (Wildman–Crippen LogP) is -1.74. The van der Waals surface area contributed by atoms with Gasteiger partial charge in [0, 0.05) is 65.0 Å². The van der Waals surface area contributed by atoms with Gasteiger partial charge in [0.05, 0.1) is 13.2 Å². The SMILES string of the molecule is NCCN1CCOCC1=O.O=C(O)CCCC(=O)NCCN1CCOCC1=O.O=C1CCCC(=O)O1. The van der Waals surface area contributed by atoms with E-state index < -0.39 is 5.97 Å². The zero-order chi connectivity index (χ0) is 26.8. The Bertz CT molecular complexity index is 745. The van der Waals surface area contributed by atoms with Gasteiger partial charge in [-0.2, -0.15) is 0 Å². The van der Waals surface area contributed by atoms with E-state index >= 15 is 0 Å². The first-order valence-electron chi connectivity index (χ1n) is 11.9. The van der Waals surface area contributed by atoms with E-state index in [2.05, 4.69) is 10.1 Å². The van der Waals surface area contributed by atoms with Crippen LogP contribution in [-0.2, 0) is 43.0 Å². The molecule has 0 spiro atoms. The van der Waals surface area contributed by atoms with Gasteiger partial charge in [0.25, 0.3) is 0 Å². The van der Waals surface area contributed by atoms with Crippen LogP contribution < -0.4 is 11.1 Å². The Morgan fingerprint density at radius 2 is 1.44 bits per heavy atom. The van der Waals surface area contributed by atoms with Gasteiger partial charge in [0.15, 0.2) is 0 Å². The van der Waals surface area contributed by atoms with Crippen molar-refractivity contribution in [3.63, 3.8) is 0 Å². The van der Waals surface area contributed by atoms with Crippen LogP contribution in [0.5, 0.6) is 0 Å². The van der Waals surface area contributed by atoms with Crippen LogP contribution in [-0.4, -0.2) is 116 Å². The molecular formula is C22H36N4O10. The minimum absolute atomic E-state index is 0.00459. The van der Waals surface area contributed by atoms with Crippen LogP contribution in [0.25, 0.3) is 0 Å². The van der Waals surface area contributed by atoms with Crippen molar-refractivity contribution in [3.05, 3.63) is 0 Å². The van der Waals surface area contributed by atoms with E-state index in [-0.39, 0.29) is 55.7 Å². The van der Waals surface area contributed by atoms with Crippen LogP contribution >= 0.6 is 0 Å². The first-order chi connectivity index (χ1) is 17.2. The van der Waals surface area contributed by atoms with Crippen molar-refractivity contribution in [3.8, 4) is 0 Å². The number of cyclic esters (lactones) is 2. The van der Waals surface area contributed by atoms with Crippen molar-refractivity contribution in [2.24, 2.45) is 5.73 Å². The smallest absolute Gasteiger partial charge is 0.313 e. The Labute approximate surface area is 209 Å². The highest BCUT2D eigenvalue weighted by molar-refractivity contribution is 5.87. The van der Waals surface area contributed by atoms with E-state index in [0.717, 1.165) is 0 Å². The summed E-state index contributed by atoms with van der Waals surface area (Å²) >= 11 is 0. The third-order valence-corrected chi connectivity index (χ3v) is 5.05. The molecule has 3 rings (SSSR count). The number of hydrogen-bond donors (Lipinski definition) is 3. The van der Waals surface area contributed by atoms with Gasteiger partial charge in [-0.15, -0.1) is 0 Å². The van der Waals surface area contributed by atoms with E-state index in [1.807, 2.05) is 0 Å². The summed E-state index contributed by atoms with van der Waals surface area (Å²) in [5, 5.41) is 11.1. The molecule has 14 nitrogen and oxygen atoms in total. The van der Waals surface area contributed by atoms with Crippen molar-refractivity contribution in [2.75, 3.05) is 65.7 Å². The number of carbonyl (C=O) groups excluding carboxylic acids is 5. The average Bonchev–Trinajstić information content (AvgIpc) is 2.82. The molecule has 0 aromatic heterocycles. The molecule has 3 heterocycles. The Morgan fingerprint density at radius 3 is 1.89 bits per heavy atom. The van der Waals surface area contributed by atoms with Crippen molar-refractivity contribution >= 4 is 35.6 Å². The molecule has 0 bridgehead atoms. The number of carboxylic acids is 1. The van der Waals surface area contributed by atoms with Gasteiger partial charge in [-0.05, 0) is 12.8 Å². The second kappa shape index (κ2) is 18.2. The molecule has 3 fully saturated rings. The quantitative estimate of drug-likeness (QED) is 0.232. The number of aliphatic carboxylic acids is 1. The van der Waals surface area contributed by atoms with Gasteiger partial charge in [-0.25, -0.2) is 0 Å². The second-order valence-corrected chi connectivity index (χ2v) is 7.95.